The van der Waals surface area contributed by atoms with Gasteiger partial charge in [0.1, 0.15) is 29.7 Å². The molecule has 7 heteroatoms. The van der Waals surface area contributed by atoms with Crippen molar-refractivity contribution in [1.29, 1.82) is 0 Å². The smallest absolute Gasteiger partial charge is 0.132 e. The Kier molecular flexibility index (Phi) is 4.97. The average Bonchev–Trinajstić information content (AvgIpc) is 3.17. The number of nitrogens with zero attached hydrogens (tertiary/aromatic N) is 4. The highest BCUT2D eigenvalue weighted by molar-refractivity contribution is 5.69. The molecule has 140 valence electrons. The zero-order chi connectivity index (χ0) is 19.3. The van der Waals surface area contributed by atoms with Crippen LogP contribution in [0.2, 0.25) is 0 Å². The lowest BCUT2D eigenvalue weighted by molar-refractivity contribution is 0.306. The summed E-state index contributed by atoms with van der Waals surface area (Å²) in [5.41, 5.74) is 9.31. The third-order valence-electron chi connectivity index (χ3n) is 4.24. The largest absolute Gasteiger partial charge is 0.489 e. The number of anilines is 1. The molecular formula is C21H18FN5O. The molecular weight excluding hydrogens is 357 g/mol. The van der Waals surface area contributed by atoms with E-state index in [-0.39, 0.29) is 5.82 Å². The van der Waals surface area contributed by atoms with Crippen molar-refractivity contribution in [3.05, 3.63) is 90.0 Å². The van der Waals surface area contributed by atoms with E-state index in [4.69, 9.17) is 10.5 Å². The summed E-state index contributed by atoms with van der Waals surface area (Å²) in [7, 11) is 0. The first kappa shape index (κ1) is 17.7. The molecule has 2 aromatic carbocycles. The highest BCUT2D eigenvalue weighted by Gasteiger charge is 2.08. The van der Waals surface area contributed by atoms with Crippen LogP contribution >= 0.6 is 0 Å². The Morgan fingerprint density at radius 1 is 0.964 bits per heavy atom. The van der Waals surface area contributed by atoms with Crippen LogP contribution in [0.1, 0.15) is 11.1 Å². The van der Waals surface area contributed by atoms with Crippen molar-refractivity contribution in [3.8, 4) is 17.0 Å². The van der Waals surface area contributed by atoms with Gasteiger partial charge < -0.3 is 10.5 Å². The van der Waals surface area contributed by atoms with Gasteiger partial charge in [-0.15, -0.1) is 5.10 Å². The minimum absolute atomic E-state index is 0.254. The van der Waals surface area contributed by atoms with E-state index in [1.165, 1.54) is 12.1 Å². The Morgan fingerprint density at radius 2 is 1.71 bits per heavy atom. The topological polar surface area (TPSA) is 78.8 Å². The molecule has 28 heavy (non-hydrogen) atoms. The summed E-state index contributed by atoms with van der Waals surface area (Å²) in [4.78, 5) is 4.07. The predicted molar refractivity (Wildman–Crippen MR) is 104 cm³/mol. The zero-order valence-electron chi connectivity index (χ0n) is 15.0. The first-order chi connectivity index (χ1) is 13.7. The second-order valence-corrected chi connectivity index (χ2v) is 6.30. The lowest BCUT2D eigenvalue weighted by atomic mass is 10.2. The van der Waals surface area contributed by atoms with Gasteiger partial charge in [0.2, 0.25) is 0 Å². The van der Waals surface area contributed by atoms with Crippen molar-refractivity contribution < 1.29 is 9.13 Å². The third kappa shape index (κ3) is 4.15. The molecule has 0 fully saturated rings. The molecule has 0 saturated carbocycles. The molecule has 2 N–H and O–H groups in total. The first-order valence-electron chi connectivity index (χ1n) is 8.74. The summed E-state index contributed by atoms with van der Waals surface area (Å²) in [6, 6.07) is 17.7. The summed E-state index contributed by atoms with van der Waals surface area (Å²) in [5, 5.41) is 8.33. The van der Waals surface area contributed by atoms with Crippen LogP contribution in [0, 0.1) is 5.82 Å². The van der Waals surface area contributed by atoms with E-state index in [2.05, 4.69) is 15.3 Å². The highest BCUT2D eigenvalue weighted by atomic mass is 19.1. The monoisotopic (exact) mass is 375 g/mol. The summed E-state index contributed by atoms with van der Waals surface area (Å²) in [6.45, 7) is 0.962. The van der Waals surface area contributed by atoms with E-state index in [0.29, 0.717) is 24.7 Å². The maximum atomic E-state index is 12.9. The maximum Gasteiger partial charge on any atom is 0.132 e. The summed E-state index contributed by atoms with van der Waals surface area (Å²) in [5.74, 6) is 0.920. The van der Waals surface area contributed by atoms with Gasteiger partial charge in [-0.3, -0.25) is 0 Å². The van der Waals surface area contributed by atoms with E-state index < -0.39 is 0 Å². The second kappa shape index (κ2) is 7.87. The first-order valence-corrected chi connectivity index (χ1v) is 8.74. The highest BCUT2D eigenvalue weighted by Crippen LogP contribution is 2.21. The molecule has 2 heterocycles. The Balaban J connectivity index is 1.38. The van der Waals surface area contributed by atoms with Crippen LogP contribution in [-0.4, -0.2) is 20.0 Å². The van der Waals surface area contributed by atoms with E-state index >= 15 is 0 Å². The molecule has 0 spiro atoms. The normalized spacial score (nSPS) is 10.8. The predicted octanol–water partition coefficient (Wildman–Crippen LogP) is 3.69. The van der Waals surface area contributed by atoms with Gasteiger partial charge in [-0.05, 0) is 47.5 Å². The van der Waals surface area contributed by atoms with Crippen LogP contribution in [0.5, 0.6) is 5.75 Å². The fraction of sp³-hybridized carbons (Fsp3) is 0.0952. The Bertz CT molecular complexity index is 1060. The van der Waals surface area contributed by atoms with Crippen LogP contribution < -0.4 is 10.5 Å². The number of rotatable bonds is 6. The van der Waals surface area contributed by atoms with Crippen LogP contribution in [0.15, 0.2) is 73.1 Å². The number of pyridine rings is 1. The van der Waals surface area contributed by atoms with Crippen LogP contribution in [0.25, 0.3) is 11.3 Å². The van der Waals surface area contributed by atoms with Gasteiger partial charge in [0.25, 0.3) is 0 Å². The third-order valence-corrected chi connectivity index (χ3v) is 4.24. The van der Waals surface area contributed by atoms with E-state index in [0.717, 1.165) is 22.4 Å². The van der Waals surface area contributed by atoms with Crippen molar-refractivity contribution >= 4 is 5.82 Å². The summed E-state index contributed by atoms with van der Waals surface area (Å²) in [6.07, 6.45) is 3.48. The molecule has 0 amide bonds. The molecule has 0 radical (unpaired) electrons. The van der Waals surface area contributed by atoms with Gasteiger partial charge in [-0.25, -0.2) is 14.1 Å². The van der Waals surface area contributed by atoms with Crippen LogP contribution in [-0.2, 0) is 13.2 Å². The van der Waals surface area contributed by atoms with E-state index in [9.17, 15) is 4.39 Å². The van der Waals surface area contributed by atoms with E-state index in [1.807, 2.05) is 42.6 Å². The number of halogens is 1. The number of ether oxygens (including phenoxy) is 1. The zero-order valence-corrected chi connectivity index (χ0v) is 15.0. The minimum Gasteiger partial charge on any atom is -0.489 e. The second-order valence-electron chi connectivity index (χ2n) is 6.30. The number of hydrogen-bond donors (Lipinski definition) is 1. The molecule has 0 aliphatic rings. The van der Waals surface area contributed by atoms with Crippen LogP contribution in [0.3, 0.4) is 0 Å². The molecule has 0 saturated heterocycles. The molecule has 4 aromatic rings. The summed E-state index contributed by atoms with van der Waals surface area (Å²) < 4.78 is 20.4. The Morgan fingerprint density at radius 3 is 2.46 bits per heavy atom. The van der Waals surface area contributed by atoms with Gasteiger partial charge in [0.15, 0.2) is 0 Å². The van der Waals surface area contributed by atoms with Gasteiger partial charge >= 0.3 is 0 Å². The lowest BCUT2D eigenvalue weighted by Gasteiger charge is -2.07. The maximum absolute atomic E-state index is 12.9. The molecule has 6 nitrogen and oxygen atoms in total. The molecule has 0 unspecified atom stereocenters. The van der Waals surface area contributed by atoms with Crippen molar-refractivity contribution in [2.24, 2.45) is 0 Å². The van der Waals surface area contributed by atoms with Crippen molar-refractivity contribution in [3.63, 3.8) is 0 Å². The molecule has 0 aliphatic carbocycles. The summed E-state index contributed by atoms with van der Waals surface area (Å²) >= 11 is 0. The van der Waals surface area contributed by atoms with Gasteiger partial charge in [0, 0.05) is 11.8 Å². The number of nitrogen functional groups attached to an aromatic ring is 1. The van der Waals surface area contributed by atoms with Gasteiger partial charge in [-0.1, -0.05) is 29.5 Å². The SMILES string of the molecule is Nc1ncccc1-c1cn(Cc2ccc(OCc3ccc(F)cc3)cc2)nn1. The Hall–Kier alpha value is -3.74. The number of aromatic nitrogens is 4. The van der Waals surface area contributed by atoms with Crippen LogP contribution in [0.4, 0.5) is 10.2 Å². The lowest BCUT2D eigenvalue weighted by Crippen LogP contribution is -2.01. The molecule has 0 aliphatic heterocycles. The van der Waals surface area contributed by atoms with Crippen molar-refractivity contribution in [2.75, 3.05) is 5.73 Å². The number of benzene rings is 2. The van der Waals surface area contributed by atoms with Gasteiger partial charge in [-0.2, -0.15) is 0 Å². The average molecular weight is 375 g/mol. The molecule has 4 rings (SSSR count). The number of hydrogen-bond acceptors (Lipinski definition) is 5. The Labute approximate surface area is 161 Å². The number of nitrogens with two attached hydrogens (primary N) is 1. The van der Waals surface area contributed by atoms with Crippen molar-refractivity contribution in [1.82, 2.24) is 20.0 Å². The standard InChI is InChI=1S/C21H18FN5O/c22-17-7-3-16(4-8-17)14-28-18-9-5-15(6-10-18)12-27-13-20(25-26-27)19-2-1-11-24-21(19)23/h1-11,13H,12,14H2,(H2,23,24). The molecule has 2 aromatic heterocycles. The van der Waals surface area contributed by atoms with Gasteiger partial charge in [0.05, 0.1) is 12.7 Å². The quantitative estimate of drug-likeness (QED) is 0.556. The fourth-order valence-corrected chi connectivity index (χ4v) is 2.76. The van der Waals surface area contributed by atoms with E-state index in [1.54, 1.807) is 23.0 Å². The van der Waals surface area contributed by atoms with Crippen molar-refractivity contribution in [2.45, 2.75) is 13.2 Å². The minimum atomic E-state index is -0.254. The molecule has 0 atom stereocenters. The molecule has 0 bridgehead atoms. The fourth-order valence-electron chi connectivity index (χ4n) is 2.76.